The molecule has 3 heteroatoms. The molecule has 16 heavy (non-hydrogen) atoms. The van der Waals surface area contributed by atoms with Crippen LogP contribution in [0.1, 0.15) is 0 Å². The maximum atomic E-state index is 9.83. The Balaban J connectivity index is 0.000000963. The number of hydrogen-bond acceptors (Lipinski definition) is 2. The first kappa shape index (κ1) is 10.6. The van der Waals surface area contributed by atoms with E-state index in [2.05, 4.69) is 4.98 Å². The van der Waals surface area contributed by atoms with Crippen molar-refractivity contribution >= 4 is 31.8 Å². The molecule has 0 unspecified atom stereocenters. The Labute approximate surface area is 96.8 Å². The van der Waals surface area contributed by atoms with Gasteiger partial charge in [-0.25, -0.2) is 0 Å². The van der Waals surface area contributed by atoms with Crippen LogP contribution in [0.3, 0.4) is 0 Å². The molecule has 1 heterocycles. The van der Waals surface area contributed by atoms with E-state index in [1.165, 1.54) is 0 Å². The van der Waals surface area contributed by atoms with Gasteiger partial charge in [-0.3, -0.25) is 4.98 Å². The van der Waals surface area contributed by atoms with Gasteiger partial charge in [0.05, 0.1) is 5.52 Å². The summed E-state index contributed by atoms with van der Waals surface area (Å²) in [6.07, 6.45) is 1.74. The Morgan fingerprint density at radius 1 is 0.875 bits per heavy atom. The standard InChI is InChI=1S/C13H9NO.Be/c15-11-5-1-3-9-6-7-10-4-2-8-14-13(10)12(9)11;/h1-8,15H;. The molecule has 0 bridgehead atoms. The first-order valence-corrected chi connectivity index (χ1v) is 4.82. The van der Waals surface area contributed by atoms with Crippen LogP contribution < -0.4 is 0 Å². The summed E-state index contributed by atoms with van der Waals surface area (Å²) in [5.41, 5.74) is 0.855. The second-order valence-electron chi connectivity index (χ2n) is 3.52. The van der Waals surface area contributed by atoms with Crippen molar-refractivity contribution in [3.05, 3.63) is 48.7 Å². The zero-order valence-corrected chi connectivity index (χ0v) is 8.72. The van der Waals surface area contributed by atoms with Gasteiger partial charge in [0.1, 0.15) is 5.75 Å². The van der Waals surface area contributed by atoms with Gasteiger partial charge in [0.2, 0.25) is 0 Å². The Hall–Kier alpha value is -1.92. The average Bonchev–Trinajstić information content (AvgIpc) is 2.29. The molecule has 0 spiro atoms. The van der Waals surface area contributed by atoms with E-state index in [-0.39, 0.29) is 15.9 Å². The van der Waals surface area contributed by atoms with Crippen LogP contribution in [0.25, 0.3) is 21.7 Å². The molecule has 0 saturated carbocycles. The van der Waals surface area contributed by atoms with Crippen molar-refractivity contribution in [2.45, 2.75) is 0 Å². The summed E-state index contributed by atoms with van der Waals surface area (Å²) in [5.74, 6) is 0.289. The normalized spacial score (nSPS) is 10.2. The minimum Gasteiger partial charge on any atom is -0.507 e. The number of hydrogen-bond donors (Lipinski definition) is 1. The number of nitrogens with zero attached hydrogens (tertiary/aromatic N) is 1. The minimum absolute atomic E-state index is 0. The molecule has 2 nitrogen and oxygen atoms in total. The van der Waals surface area contributed by atoms with Crippen molar-refractivity contribution in [1.29, 1.82) is 0 Å². The summed E-state index contributed by atoms with van der Waals surface area (Å²) >= 11 is 0. The number of fused-ring (bicyclic) bond motifs is 3. The van der Waals surface area contributed by atoms with Crippen molar-refractivity contribution in [3.63, 3.8) is 0 Å². The first-order valence-electron chi connectivity index (χ1n) is 4.82. The average molecular weight is 204 g/mol. The zero-order valence-electron chi connectivity index (χ0n) is 8.72. The molecular weight excluding hydrogens is 195 g/mol. The van der Waals surface area contributed by atoms with Crippen molar-refractivity contribution in [3.8, 4) is 5.75 Å². The second-order valence-corrected chi connectivity index (χ2v) is 3.52. The van der Waals surface area contributed by atoms with Gasteiger partial charge in [-0.15, -0.1) is 0 Å². The zero-order chi connectivity index (χ0) is 10.3. The van der Waals surface area contributed by atoms with Crippen molar-refractivity contribution in [1.82, 2.24) is 4.98 Å². The first-order chi connectivity index (χ1) is 7.36. The number of rotatable bonds is 0. The van der Waals surface area contributed by atoms with Crippen LogP contribution in [0, 0.1) is 0 Å². The van der Waals surface area contributed by atoms with E-state index in [4.69, 9.17) is 0 Å². The largest absolute Gasteiger partial charge is 0.507 e. The third-order valence-corrected chi connectivity index (χ3v) is 2.59. The number of pyridine rings is 1. The quantitative estimate of drug-likeness (QED) is 0.451. The fourth-order valence-corrected chi connectivity index (χ4v) is 1.90. The van der Waals surface area contributed by atoms with Gasteiger partial charge in [-0.1, -0.05) is 30.3 Å². The molecule has 0 saturated heterocycles. The third kappa shape index (κ3) is 1.44. The van der Waals surface area contributed by atoms with Crippen LogP contribution in [0.5, 0.6) is 5.75 Å². The SMILES string of the molecule is Oc1cccc2ccc3cccnc3c12.[Be]. The van der Waals surface area contributed by atoms with Crippen LogP contribution in [-0.4, -0.2) is 20.2 Å². The summed E-state index contributed by atoms with van der Waals surface area (Å²) in [6, 6.07) is 13.4. The molecule has 1 N–H and O–H groups in total. The molecule has 3 aromatic rings. The predicted molar refractivity (Wildman–Crippen MR) is 66.7 cm³/mol. The summed E-state index contributed by atoms with van der Waals surface area (Å²) in [7, 11) is 0. The Kier molecular flexibility index (Phi) is 2.59. The van der Waals surface area contributed by atoms with Crippen molar-refractivity contribution in [2.24, 2.45) is 0 Å². The molecule has 74 valence electrons. The van der Waals surface area contributed by atoms with E-state index in [0.29, 0.717) is 0 Å². The minimum atomic E-state index is 0. The van der Waals surface area contributed by atoms with E-state index in [1.54, 1.807) is 12.3 Å². The van der Waals surface area contributed by atoms with Crippen molar-refractivity contribution < 1.29 is 5.11 Å². The van der Waals surface area contributed by atoms with E-state index in [9.17, 15) is 5.11 Å². The van der Waals surface area contributed by atoms with E-state index >= 15 is 0 Å². The molecule has 0 aliphatic rings. The molecule has 2 aromatic carbocycles. The topological polar surface area (TPSA) is 33.1 Å². The molecule has 0 atom stereocenters. The van der Waals surface area contributed by atoms with Gasteiger partial charge in [0, 0.05) is 27.1 Å². The second kappa shape index (κ2) is 3.91. The Bertz CT molecular complexity index is 652. The molecule has 3 rings (SSSR count). The van der Waals surface area contributed by atoms with Crippen molar-refractivity contribution in [2.75, 3.05) is 0 Å². The molecular formula is C13H9BeNO. The third-order valence-electron chi connectivity index (χ3n) is 2.59. The molecule has 1 aromatic heterocycles. The number of phenols is 1. The number of aromatic nitrogens is 1. The van der Waals surface area contributed by atoms with Gasteiger partial charge in [0.25, 0.3) is 0 Å². The molecule has 0 fully saturated rings. The van der Waals surface area contributed by atoms with Crippen LogP contribution in [0.15, 0.2) is 48.7 Å². The van der Waals surface area contributed by atoms with Crippen LogP contribution in [0.4, 0.5) is 0 Å². The van der Waals surface area contributed by atoms with Crippen LogP contribution in [-0.2, 0) is 0 Å². The van der Waals surface area contributed by atoms with Crippen LogP contribution >= 0.6 is 0 Å². The van der Waals surface area contributed by atoms with E-state index < -0.39 is 0 Å². The smallest absolute Gasteiger partial charge is 0.125 e. The van der Waals surface area contributed by atoms with E-state index in [1.807, 2.05) is 36.4 Å². The fraction of sp³-hybridized carbons (Fsp3) is 0. The summed E-state index contributed by atoms with van der Waals surface area (Å²) in [4.78, 5) is 4.31. The van der Waals surface area contributed by atoms with Gasteiger partial charge in [-0.2, -0.15) is 0 Å². The number of aromatic hydroxyl groups is 1. The van der Waals surface area contributed by atoms with Gasteiger partial charge in [-0.05, 0) is 17.5 Å². The molecule has 2 radical (unpaired) electrons. The Morgan fingerprint density at radius 3 is 2.50 bits per heavy atom. The maximum absolute atomic E-state index is 9.83. The van der Waals surface area contributed by atoms with Gasteiger partial charge < -0.3 is 5.11 Å². The van der Waals surface area contributed by atoms with E-state index in [0.717, 1.165) is 21.7 Å². The monoisotopic (exact) mass is 204 g/mol. The predicted octanol–water partition coefficient (Wildman–Crippen LogP) is 2.71. The number of phenolic OH excluding ortho intramolecular Hbond substituents is 1. The fourth-order valence-electron chi connectivity index (χ4n) is 1.90. The molecule has 0 aliphatic heterocycles. The van der Waals surface area contributed by atoms with Gasteiger partial charge >= 0.3 is 0 Å². The summed E-state index contributed by atoms with van der Waals surface area (Å²) < 4.78 is 0. The van der Waals surface area contributed by atoms with Gasteiger partial charge in [0.15, 0.2) is 0 Å². The summed E-state index contributed by atoms with van der Waals surface area (Å²) in [6.45, 7) is 0. The molecule has 0 aliphatic carbocycles. The molecule has 0 amide bonds. The Morgan fingerprint density at radius 2 is 1.62 bits per heavy atom. The van der Waals surface area contributed by atoms with Crippen LogP contribution in [0.2, 0.25) is 0 Å². The summed E-state index contributed by atoms with van der Waals surface area (Å²) in [5, 5.41) is 12.7. The number of benzene rings is 2. The maximum Gasteiger partial charge on any atom is 0.125 e.